The highest BCUT2D eigenvalue weighted by molar-refractivity contribution is 5.89. The number of nitrogens with zero attached hydrogens (tertiary/aromatic N) is 1. The molecule has 7 nitrogen and oxygen atoms in total. The van der Waals surface area contributed by atoms with Gasteiger partial charge in [-0.1, -0.05) is 42.5 Å². The molecule has 0 heterocycles. The topological polar surface area (TPSA) is 87.9 Å². The van der Waals surface area contributed by atoms with Crippen molar-refractivity contribution in [1.82, 2.24) is 0 Å². The molecular formula is C27H21NO6. The Balaban J connectivity index is 1.30. The molecule has 0 saturated carbocycles. The Morgan fingerprint density at radius 3 is 2.09 bits per heavy atom. The minimum absolute atomic E-state index is 0.0104. The van der Waals surface area contributed by atoms with Crippen molar-refractivity contribution < 1.29 is 23.9 Å². The van der Waals surface area contributed by atoms with Gasteiger partial charge in [-0.15, -0.1) is 0 Å². The van der Waals surface area contributed by atoms with Crippen molar-refractivity contribution in [3.8, 4) is 17.2 Å². The molecule has 0 radical (unpaired) electrons. The molecule has 0 fully saturated rings. The molecule has 170 valence electrons. The van der Waals surface area contributed by atoms with Gasteiger partial charge in [-0.05, 0) is 59.7 Å². The zero-order valence-electron chi connectivity index (χ0n) is 18.1. The molecule has 0 aliphatic heterocycles. The lowest BCUT2D eigenvalue weighted by atomic mass is 10.2. The van der Waals surface area contributed by atoms with E-state index in [0.717, 1.165) is 11.1 Å². The number of benzene rings is 4. The van der Waals surface area contributed by atoms with E-state index in [0.29, 0.717) is 29.4 Å². The highest BCUT2D eigenvalue weighted by Crippen LogP contribution is 2.25. The predicted octanol–water partition coefficient (Wildman–Crippen LogP) is 6.32. The first-order valence-corrected chi connectivity index (χ1v) is 10.5. The smallest absolute Gasteiger partial charge is 0.338 e. The van der Waals surface area contributed by atoms with Gasteiger partial charge in [0.1, 0.15) is 30.5 Å². The number of nitro groups is 1. The first kappa shape index (κ1) is 22.5. The van der Waals surface area contributed by atoms with Crippen molar-refractivity contribution >= 4 is 11.7 Å². The summed E-state index contributed by atoms with van der Waals surface area (Å²) in [5, 5.41) is 10.8. The normalized spacial score (nSPS) is 10.4. The summed E-state index contributed by atoms with van der Waals surface area (Å²) in [6.07, 6.45) is 0. The predicted molar refractivity (Wildman–Crippen MR) is 126 cm³/mol. The van der Waals surface area contributed by atoms with Crippen molar-refractivity contribution in [2.24, 2.45) is 0 Å². The largest absolute Gasteiger partial charge is 0.489 e. The number of non-ortho nitro benzene ring substituents is 1. The molecule has 34 heavy (non-hydrogen) atoms. The van der Waals surface area contributed by atoms with Crippen LogP contribution in [-0.4, -0.2) is 10.9 Å². The van der Waals surface area contributed by atoms with Crippen LogP contribution in [-0.2, 0) is 18.0 Å². The van der Waals surface area contributed by atoms with E-state index in [2.05, 4.69) is 0 Å². The maximum Gasteiger partial charge on any atom is 0.338 e. The number of carbonyl (C=O) groups is 1. The Hall–Kier alpha value is -4.65. The number of hydrogen-bond acceptors (Lipinski definition) is 6. The van der Waals surface area contributed by atoms with Crippen LogP contribution < -0.4 is 9.47 Å². The van der Waals surface area contributed by atoms with Crippen LogP contribution in [0.1, 0.15) is 21.5 Å². The molecule has 0 aromatic heterocycles. The molecule has 4 rings (SSSR count). The quantitative estimate of drug-likeness (QED) is 0.167. The number of hydrogen-bond donors (Lipinski definition) is 0. The summed E-state index contributed by atoms with van der Waals surface area (Å²) in [7, 11) is 0. The molecular weight excluding hydrogens is 434 g/mol. The maximum absolute atomic E-state index is 12.4. The molecule has 0 saturated heterocycles. The zero-order chi connectivity index (χ0) is 23.8. The Bertz CT molecular complexity index is 1250. The number of rotatable bonds is 9. The van der Waals surface area contributed by atoms with Gasteiger partial charge >= 0.3 is 5.97 Å². The van der Waals surface area contributed by atoms with Gasteiger partial charge in [-0.2, -0.15) is 0 Å². The standard InChI is InChI=1S/C27H21NO6/c29-27(22-9-13-24(14-10-22)32-18-20-5-2-1-3-6-20)33-19-21-7-4-8-26(17-21)34-25-15-11-23(12-16-25)28(30)31/h1-17H,18-19H2. The van der Waals surface area contributed by atoms with E-state index in [1.54, 1.807) is 42.5 Å². The van der Waals surface area contributed by atoms with Gasteiger partial charge in [0.25, 0.3) is 5.69 Å². The highest BCUT2D eigenvalue weighted by Gasteiger charge is 2.09. The summed E-state index contributed by atoms with van der Waals surface area (Å²) in [4.78, 5) is 22.7. The van der Waals surface area contributed by atoms with Gasteiger partial charge in [-0.3, -0.25) is 10.1 Å². The summed E-state index contributed by atoms with van der Waals surface area (Å²) < 4.78 is 16.9. The minimum Gasteiger partial charge on any atom is -0.489 e. The van der Waals surface area contributed by atoms with E-state index in [1.165, 1.54) is 24.3 Å². The van der Waals surface area contributed by atoms with E-state index in [9.17, 15) is 14.9 Å². The number of esters is 1. The van der Waals surface area contributed by atoms with E-state index >= 15 is 0 Å². The van der Waals surface area contributed by atoms with Crippen LogP contribution in [0.15, 0.2) is 103 Å². The van der Waals surface area contributed by atoms with Crippen LogP contribution in [0.4, 0.5) is 5.69 Å². The van der Waals surface area contributed by atoms with Crippen LogP contribution in [0.5, 0.6) is 17.2 Å². The highest BCUT2D eigenvalue weighted by atomic mass is 16.6. The minimum atomic E-state index is -0.468. The lowest BCUT2D eigenvalue weighted by Crippen LogP contribution is -2.05. The number of nitro benzene ring substituents is 1. The fourth-order valence-electron chi connectivity index (χ4n) is 3.13. The molecule has 0 spiro atoms. The van der Waals surface area contributed by atoms with Crippen LogP contribution >= 0.6 is 0 Å². The molecule has 0 unspecified atom stereocenters. The van der Waals surface area contributed by atoms with Crippen LogP contribution in [0.3, 0.4) is 0 Å². The SMILES string of the molecule is O=C(OCc1cccc(Oc2ccc([N+](=O)[O-])cc2)c1)c1ccc(OCc2ccccc2)cc1. The van der Waals surface area contributed by atoms with Gasteiger partial charge in [-0.25, -0.2) is 4.79 Å². The number of ether oxygens (including phenoxy) is 3. The van der Waals surface area contributed by atoms with Crippen molar-refractivity contribution in [2.75, 3.05) is 0 Å². The van der Waals surface area contributed by atoms with Crippen molar-refractivity contribution in [3.63, 3.8) is 0 Å². The Morgan fingerprint density at radius 2 is 1.38 bits per heavy atom. The summed E-state index contributed by atoms with van der Waals surface area (Å²) in [5.41, 5.74) is 2.22. The lowest BCUT2D eigenvalue weighted by molar-refractivity contribution is -0.384. The van der Waals surface area contributed by atoms with Crippen molar-refractivity contribution in [2.45, 2.75) is 13.2 Å². The molecule has 0 amide bonds. The van der Waals surface area contributed by atoms with Gasteiger partial charge in [0, 0.05) is 12.1 Å². The van der Waals surface area contributed by atoms with E-state index in [1.807, 2.05) is 36.4 Å². The third kappa shape index (κ3) is 6.20. The van der Waals surface area contributed by atoms with Gasteiger partial charge < -0.3 is 14.2 Å². The number of carbonyl (C=O) groups excluding carboxylic acids is 1. The Morgan fingerprint density at radius 1 is 0.706 bits per heavy atom. The summed E-state index contributed by atoms with van der Waals surface area (Å²) in [6, 6.07) is 29.5. The second-order valence-electron chi connectivity index (χ2n) is 7.38. The van der Waals surface area contributed by atoms with Crippen molar-refractivity contribution in [3.05, 3.63) is 130 Å². The monoisotopic (exact) mass is 455 g/mol. The fourth-order valence-corrected chi connectivity index (χ4v) is 3.13. The summed E-state index contributed by atoms with van der Waals surface area (Å²) in [6.45, 7) is 0.519. The fraction of sp³-hybridized carbons (Fsp3) is 0.0741. The third-order valence-electron chi connectivity index (χ3n) is 4.89. The van der Waals surface area contributed by atoms with Gasteiger partial charge in [0.2, 0.25) is 0 Å². The molecule has 4 aromatic rings. The average molecular weight is 455 g/mol. The molecule has 0 bridgehead atoms. The first-order valence-electron chi connectivity index (χ1n) is 10.5. The lowest BCUT2D eigenvalue weighted by Gasteiger charge is -2.09. The van der Waals surface area contributed by atoms with Crippen LogP contribution in [0.25, 0.3) is 0 Å². The molecule has 0 aliphatic rings. The summed E-state index contributed by atoms with van der Waals surface area (Å²) >= 11 is 0. The van der Waals surface area contributed by atoms with Gasteiger partial charge in [0.05, 0.1) is 10.5 Å². The average Bonchev–Trinajstić information content (AvgIpc) is 2.87. The van der Waals surface area contributed by atoms with Crippen LogP contribution in [0, 0.1) is 10.1 Å². The maximum atomic E-state index is 12.4. The van der Waals surface area contributed by atoms with Crippen molar-refractivity contribution in [1.29, 1.82) is 0 Å². The molecule has 0 N–H and O–H groups in total. The Kier molecular flexibility index (Phi) is 7.15. The molecule has 7 heteroatoms. The second kappa shape index (κ2) is 10.8. The van der Waals surface area contributed by atoms with E-state index < -0.39 is 10.9 Å². The molecule has 0 aliphatic carbocycles. The second-order valence-corrected chi connectivity index (χ2v) is 7.38. The first-order chi connectivity index (χ1) is 16.6. The van der Waals surface area contributed by atoms with Gasteiger partial charge in [0.15, 0.2) is 0 Å². The molecule has 4 aromatic carbocycles. The molecule has 0 atom stereocenters. The zero-order valence-corrected chi connectivity index (χ0v) is 18.1. The van der Waals surface area contributed by atoms with E-state index in [-0.39, 0.29) is 12.3 Å². The Labute approximate surface area is 196 Å². The summed E-state index contributed by atoms with van der Waals surface area (Å²) in [5.74, 6) is 1.21. The van der Waals surface area contributed by atoms with E-state index in [4.69, 9.17) is 14.2 Å². The third-order valence-corrected chi connectivity index (χ3v) is 4.89. The van der Waals surface area contributed by atoms with Crippen LogP contribution in [0.2, 0.25) is 0 Å².